The first-order valence-corrected chi connectivity index (χ1v) is 8.48. The number of nitrogens with one attached hydrogen (secondary N) is 1. The Kier molecular flexibility index (Phi) is 4.49. The summed E-state index contributed by atoms with van der Waals surface area (Å²) in [6.45, 7) is -0.565. The molecule has 0 aromatic heterocycles. The maximum absolute atomic E-state index is 14.6. The normalized spacial score (nSPS) is 22.7. The van der Waals surface area contributed by atoms with Crippen LogP contribution < -0.4 is 14.8 Å². The van der Waals surface area contributed by atoms with Gasteiger partial charge in [-0.25, -0.2) is 13.4 Å². The molecule has 2 aliphatic rings. The highest BCUT2D eigenvalue weighted by molar-refractivity contribution is 7.99. The van der Waals surface area contributed by atoms with Crippen molar-refractivity contribution in [3.8, 4) is 5.75 Å². The zero-order valence-electron chi connectivity index (χ0n) is 11.1. The zero-order chi connectivity index (χ0) is 15.4. The molecule has 4 N–H and O–H groups in total. The van der Waals surface area contributed by atoms with E-state index in [-0.39, 0.29) is 30.4 Å². The topological polar surface area (TPSA) is 113 Å². The van der Waals surface area contributed by atoms with Gasteiger partial charge in [0.15, 0.2) is 5.82 Å². The van der Waals surface area contributed by atoms with Crippen LogP contribution in [0.1, 0.15) is 5.56 Å². The number of phenolic OH excluding ortho intramolecular Hbond substituents is 1. The lowest BCUT2D eigenvalue weighted by Gasteiger charge is -2.25. The van der Waals surface area contributed by atoms with Gasteiger partial charge < -0.3 is 10.8 Å². The van der Waals surface area contributed by atoms with Crippen molar-refractivity contribution >= 4 is 46.0 Å². The molecule has 7 nitrogen and oxygen atoms in total. The van der Waals surface area contributed by atoms with E-state index in [4.69, 9.17) is 5.73 Å². The molecule has 1 saturated heterocycles. The quantitative estimate of drug-likeness (QED) is 0.647. The molecule has 1 aromatic rings. The second-order valence-electron chi connectivity index (χ2n) is 4.85. The van der Waals surface area contributed by atoms with Crippen molar-refractivity contribution in [3.63, 3.8) is 0 Å². The van der Waals surface area contributed by atoms with Gasteiger partial charge in [-0.05, 0) is 12.5 Å². The SMILES string of the molecule is Cl.N[C@@H]1CSc2cc(O)c(N3CC(=O)NS3(=O)=O)c(F)c2C1. The van der Waals surface area contributed by atoms with E-state index >= 15 is 0 Å². The van der Waals surface area contributed by atoms with Gasteiger partial charge in [-0.3, -0.25) is 4.79 Å². The van der Waals surface area contributed by atoms with Gasteiger partial charge in [0.1, 0.15) is 18.0 Å². The molecular formula is C11H13ClFN3O4S2. The number of hydrogen-bond acceptors (Lipinski definition) is 6. The van der Waals surface area contributed by atoms with E-state index in [9.17, 15) is 22.7 Å². The number of carbonyl (C=O) groups excluding carboxylic acids is 1. The molecule has 0 radical (unpaired) electrons. The van der Waals surface area contributed by atoms with Gasteiger partial charge in [0.25, 0.3) is 5.91 Å². The maximum Gasteiger partial charge on any atom is 0.326 e. The molecule has 11 heteroatoms. The fourth-order valence-corrected chi connectivity index (χ4v) is 4.58. The Balaban J connectivity index is 0.00000176. The van der Waals surface area contributed by atoms with Crippen LogP contribution in [-0.2, 0) is 21.4 Å². The number of nitrogens with zero attached hydrogens (tertiary/aromatic N) is 1. The van der Waals surface area contributed by atoms with Crippen molar-refractivity contribution in [2.45, 2.75) is 17.4 Å². The lowest BCUT2D eigenvalue weighted by atomic mass is 10.0. The lowest BCUT2D eigenvalue weighted by Crippen LogP contribution is -2.32. The number of halogens is 2. The first-order valence-electron chi connectivity index (χ1n) is 6.05. The fourth-order valence-electron chi connectivity index (χ4n) is 2.36. The van der Waals surface area contributed by atoms with Crippen molar-refractivity contribution in [1.82, 2.24) is 4.72 Å². The molecule has 2 aliphatic heterocycles. The fraction of sp³-hybridized carbons (Fsp3) is 0.364. The summed E-state index contributed by atoms with van der Waals surface area (Å²) in [7, 11) is -4.18. The molecule has 0 saturated carbocycles. The van der Waals surface area contributed by atoms with E-state index in [0.29, 0.717) is 15.0 Å². The molecule has 122 valence electrons. The molecule has 0 bridgehead atoms. The Labute approximate surface area is 136 Å². The predicted molar refractivity (Wildman–Crippen MR) is 82.1 cm³/mol. The Morgan fingerprint density at radius 3 is 2.77 bits per heavy atom. The number of phenols is 1. The predicted octanol–water partition coefficient (Wildman–Crippen LogP) is 0.110. The second-order valence-corrected chi connectivity index (χ2v) is 7.50. The van der Waals surface area contributed by atoms with E-state index in [1.54, 1.807) is 4.72 Å². The van der Waals surface area contributed by atoms with E-state index in [1.807, 2.05) is 0 Å². The van der Waals surface area contributed by atoms with Crippen LogP contribution >= 0.6 is 24.2 Å². The average Bonchev–Trinajstić information content (AvgIpc) is 2.64. The number of rotatable bonds is 1. The van der Waals surface area contributed by atoms with Crippen molar-refractivity contribution in [2.24, 2.45) is 5.73 Å². The molecule has 0 spiro atoms. The average molecular weight is 370 g/mol. The summed E-state index contributed by atoms with van der Waals surface area (Å²) in [5, 5.41) is 9.96. The number of amides is 1. The van der Waals surface area contributed by atoms with Crippen LogP contribution in [-0.4, -0.2) is 37.8 Å². The Morgan fingerprint density at radius 2 is 2.18 bits per heavy atom. The highest BCUT2D eigenvalue weighted by atomic mass is 35.5. The molecular weight excluding hydrogens is 357 g/mol. The Bertz CT molecular complexity index is 743. The third-order valence-corrected chi connectivity index (χ3v) is 5.92. The van der Waals surface area contributed by atoms with Gasteiger partial charge in [-0.1, -0.05) is 0 Å². The Hall–Kier alpha value is -1.23. The Morgan fingerprint density at radius 1 is 1.50 bits per heavy atom. The molecule has 1 aromatic carbocycles. The number of thioether (sulfide) groups is 1. The van der Waals surface area contributed by atoms with Crippen molar-refractivity contribution in [3.05, 3.63) is 17.4 Å². The summed E-state index contributed by atoms with van der Waals surface area (Å²) >= 11 is 1.30. The van der Waals surface area contributed by atoms with Gasteiger partial charge in [0, 0.05) is 22.3 Å². The van der Waals surface area contributed by atoms with Gasteiger partial charge in [-0.2, -0.15) is 8.42 Å². The van der Waals surface area contributed by atoms with Crippen molar-refractivity contribution < 1.29 is 22.7 Å². The van der Waals surface area contributed by atoms with Crippen LogP contribution in [0.4, 0.5) is 10.1 Å². The number of hydrogen-bond donors (Lipinski definition) is 3. The molecule has 22 heavy (non-hydrogen) atoms. The third-order valence-electron chi connectivity index (χ3n) is 3.27. The summed E-state index contributed by atoms with van der Waals surface area (Å²) in [4.78, 5) is 11.8. The number of carbonyl (C=O) groups is 1. The number of nitrogens with two attached hydrogens (primary N) is 1. The number of fused-ring (bicyclic) bond motifs is 1. The first-order chi connectivity index (χ1) is 9.79. The summed E-state index contributed by atoms with van der Waals surface area (Å²) in [6, 6.07) is 1.06. The maximum atomic E-state index is 14.6. The zero-order valence-corrected chi connectivity index (χ0v) is 13.5. The van der Waals surface area contributed by atoms with Crippen LogP contribution in [0.3, 0.4) is 0 Å². The van der Waals surface area contributed by atoms with Crippen molar-refractivity contribution in [2.75, 3.05) is 16.6 Å². The lowest BCUT2D eigenvalue weighted by molar-refractivity contribution is -0.117. The van der Waals surface area contributed by atoms with Crippen molar-refractivity contribution in [1.29, 1.82) is 0 Å². The minimum atomic E-state index is -4.18. The number of benzene rings is 1. The molecule has 2 heterocycles. The highest BCUT2D eigenvalue weighted by Crippen LogP contribution is 2.42. The molecule has 0 aliphatic carbocycles. The summed E-state index contributed by atoms with van der Waals surface area (Å²) < 4.78 is 40.5. The van der Waals surface area contributed by atoms with Crippen LogP contribution in [0.25, 0.3) is 0 Å². The van der Waals surface area contributed by atoms with E-state index < -0.39 is 39.9 Å². The number of aromatic hydroxyl groups is 1. The molecule has 0 unspecified atom stereocenters. The highest BCUT2D eigenvalue weighted by Gasteiger charge is 2.39. The standard InChI is InChI=1S/C11H12FN3O4S2.ClH/c12-10-6-1-5(13)4-20-8(6)2-7(16)11(10)15-3-9(17)14-21(15,18)19;/h2,5,16H,1,3-4,13H2,(H,14,17);1H/t5-;/m0./s1. The van der Waals surface area contributed by atoms with Crippen LogP contribution in [0.5, 0.6) is 5.75 Å². The van der Waals surface area contributed by atoms with Gasteiger partial charge in [0.05, 0.1) is 0 Å². The van der Waals surface area contributed by atoms with Gasteiger partial charge in [-0.15, -0.1) is 24.2 Å². The number of anilines is 1. The summed E-state index contributed by atoms with van der Waals surface area (Å²) in [5.41, 5.74) is 5.54. The summed E-state index contributed by atoms with van der Waals surface area (Å²) in [6.07, 6.45) is 0.247. The first kappa shape index (κ1) is 17.1. The largest absolute Gasteiger partial charge is 0.506 e. The van der Waals surface area contributed by atoms with E-state index in [0.717, 1.165) is 0 Å². The minimum absolute atomic E-state index is 0. The second kappa shape index (κ2) is 5.76. The van der Waals surface area contributed by atoms with Gasteiger partial charge >= 0.3 is 10.2 Å². The van der Waals surface area contributed by atoms with E-state index in [1.165, 1.54) is 17.8 Å². The molecule has 1 fully saturated rings. The molecule has 1 atom stereocenters. The van der Waals surface area contributed by atoms with Crippen LogP contribution in [0.15, 0.2) is 11.0 Å². The molecule has 3 rings (SSSR count). The third kappa shape index (κ3) is 2.71. The van der Waals surface area contributed by atoms with Crippen LogP contribution in [0, 0.1) is 5.82 Å². The van der Waals surface area contributed by atoms with Crippen LogP contribution in [0.2, 0.25) is 0 Å². The minimum Gasteiger partial charge on any atom is -0.506 e. The van der Waals surface area contributed by atoms with Gasteiger partial charge in [0.2, 0.25) is 0 Å². The summed E-state index contributed by atoms with van der Waals surface area (Å²) in [5.74, 6) is -1.56. The smallest absolute Gasteiger partial charge is 0.326 e. The molecule has 1 amide bonds. The van der Waals surface area contributed by atoms with E-state index in [2.05, 4.69) is 0 Å². The monoisotopic (exact) mass is 369 g/mol.